The number of hydrogen-bond acceptors (Lipinski definition) is 3. The summed E-state index contributed by atoms with van der Waals surface area (Å²) in [6.45, 7) is 8.30. The van der Waals surface area contributed by atoms with E-state index in [0.29, 0.717) is 18.3 Å². The summed E-state index contributed by atoms with van der Waals surface area (Å²) >= 11 is 0. The molecule has 0 spiro atoms. The maximum absolute atomic E-state index is 12.4. The van der Waals surface area contributed by atoms with Gasteiger partial charge in [-0.15, -0.1) is 0 Å². The van der Waals surface area contributed by atoms with Gasteiger partial charge in [-0.25, -0.2) is 0 Å². The number of amides is 2. The van der Waals surface area contributed by atoms with Crippen LogP contribution in [-0.2, 0) is 9.59 Å². The van der Waals surface area contributed by atoms with E-state index in [1.54, 1.807) is 7.05 Å². The van der Waals surface area contributed by atoms with Gasteiger partial charge in [0.2, 0.25) is 11.8 Å². The molecule has 1 fully saturated rings. The van der Waals surface area contributed by atoms with Crippen LogP contribution in [0.25, 0.3) is 0 Å². The van der Waals surface area contributed by atoms with Gasteiger partial charge in [-0.1, -0.05) is 19.1 Å². The van der Waals surface area contributed by atoms with Crippen molar-refractivity contribution < 1.29 is 9.59 Å². The molecule has 0 bridgehead atoms. The van der Waals surface area contributed by atoms with Crippen LogP contribution in [0.3, 0.4) is 0 Å². The third kappa shape index (κ3) is 5.56. The van der Waals surface area contributed by atoms with Crippen LogP contribution < -0.4 is 10.6 Å². The van der Waals surface area contributed by atoms with Crippen molar-refractivity contribution in [3.63, 3.8) is 0 Å². The van der Waals surface area contributed by atoms with Gasteiger partial charge in [0.1, 0.15) is 0 Å². The Labute approximate surface area is 151 Å². The van der Waals surface area contributed by atoms with Crippen LogP contribution >= 0.6 is 0 Å². The highest BCUT2D eigenvalue weighted by Gasteiger charge is 2.24. The van der Waals surface area contributed by atoms with E-state index in [9.17, 15) is 9.59 Å². The van der Waals surface area contributed by atoms with Crippen molar-refractivity contribution in [2.24, 2.45) is 11.8 Å². The van der Waals surface area contributed by atoms with Crippen LogP contribution in [0.4, 0.5) is 5.69 Å². The number of aryl methyl sites for hydroxylation is 1. The summed E-state index contributed by atoms with van der Waals surface area (Å²) in [6, 6.07) is 5.83. The Hall–Kier alpha value is -1.88. The highest BCUT2D eigenvalue weighted by Crippen LogP contribution is 2.23. The van der Waals surface area contributed by atoms with Gasteiger partial charge in [0, 0.05) is 19.2 Å². The van der Waals surface area contributed by atoms with Crippen molar-refractivity contribution in [2.75, 3.05) is 32.0 Å². The Bertz CT molecular complexity index is 609. The van der Waals surface area contributed by atoms with Crippen molar-refractivity contribution in [3.05, 3.63) is 29.3 Å². The highest BCUT2D eigenvalue weighted by atomic mass is 16.2. The molecule has 0 radical (unpaired) electrons. The van der Waals surface area contributed by atoms with Gasteiger partial charge in [-0.2, -0.15) is 0 Å². The third-order valence-corrected chi connectivity index (χ3v) is 5.32. The fourth-order valence-electron chi connectivity index (χ4n) is 3.34. The SMILES string of the molecule is Cc1cccc(NC(=O)CN(C)C(=O)CC(C)C2CCCNC2)c1C. The number of benzene rings is 1. The van der Waals surface area contributed by atoms with E-state index in [1.165, 1.54) is 17.7 Å². The van der Waals surface area contributed by atoms with E-state index in [0.717, 1.165) is 29.9 Å². The molecule has 2 amide bonds. The van der Waals surface area contributed by atoms with Crippen molar-refractivity contribution in [3.8, 4) is 0 Å². The summed E-state index contributed by atoms with van der Waals surface area (Å²) in [5, 5.41) is 6.31. The fourth-order valence-corrected chi connectivity index (χ4v) is 3.34. The van der Waals surface area contributed by atoms with E-state index < -0.39 is 0 Å². The molecule has 2 atom stereocenters. The zero-order chi connectivity index (χ0) is 18.4. The first-order valence-electron chi connectivity index (χ1n) is 9.19. The van der Waals surface area contributed by atoms with Gasteiger partial charge in [0.15, 0.2) is 0 Å². The predicted octanol–water partition coefficient (Wildman–Crippen LogP) is 2.73. The van der Waals surface area contributed by atoms with Crippen molar-refractivity contribution in [1.82, 2.24) is 10.2 Å². The minimum atomic E-state index is -0.156. The van der Waals surface area contributed by atoms with Crippen LogP contribution in [0.5, 0.6) is 0 Å². The summed E-state index contributed by atoms with van der Waals surface area (Å²) in [4.78, 5) is 26.2. The Morgan fingerprint density at radius 2 is 2.12 bits per heavy atom. The molecular weight excluding hydrogens is 314 g/mol. The van der Waals surface area contributed by atoms with Crippen molar-refractivity contribution in [1.29, 1.82) is 0 Å². The molecule has 2 rings (SSSR count). The van der Waals surface area contributed by atoms with E-state index in [1.807, 2.05) is 32.0 Å². The summed E-state index contributed by atoms with van der Waals surface area (Å²) in [5.41, 5.74) is 3.01. The molecule has 0 aliphatic carbocycles. The highest BCUT2D eigenvalue weighted by molar-refractivity contribution is 5.95. The van der Waals surface area contributed by atoms with E-state index >= 15 is 0 Å². The number of carbonyl (C=O) groups excluding carboxylic acids is 2. The van der Waals surface area contributed by atoms with Gasteiger partial charge >= 0.3 is 0 Å². The molecule has 1 aromatic rings. The Morgan fingerprint density at radius 1 is 1.36 bits per heavy atom. The normalized spacial score (nSPS) is 18.5. The summed E-state index contributed by atoms with van der Waals surface area (Å²) in [6.07, 6.45) is 2.86. The predicted molar refractivity (Wildman–Crippen MR) is 102 cm³/mol. The van der Waals surface area contributed by atoms with E-state index in [4.69, 9.17) is 0 Å². The second kappa shape index (κ2) is 8.99. The maximum Gasteiger partial charge on any atom is 0.243 e. The summed E-state index contributed by atoms with van der Waals surface area (Å²) < 4.78 is 0. The molecule has 0 aromatic heterocycles. The first-order valence-corrected chi connectivity index (χ1v) is 9.19. The maximum atomic E-state index is 12.4. The minimum absolute atomic E-state index is 0.0363. The number of rotatable bonds is 6. The molecule has 0 saturated carbocycles. The number of carbonyl (C=O) groups is 2. The topological polar surface area (TPSA) is 61.4 Å². The van der Waals surface area contributed by atoms with E-state index in [2.05, 4.69) is 17.6 Å². The summed E-state index contributed by atoms with van der Waals surface area (Å²) in [7, 11) is 1.71. The average molecular weight is 345 g/mol. The molecule has 1 aliphatic rings. The molecule has 25 heavy (non-hydrogen) atoms. The monoisotopic (exact) mass is 345 g/mol. The van der Waals surface area contributed by atoms with Gasteiger partial charge < -0.3 is 15.5 Å². The van der Waals surface area contributed by atoms with Gasteiger partial charge in [-0.05, 0) is 68.8 Å². The lowest BCUT2D eigenvalue weighted by molar-refractivity contribution is -0.134. The van der Waals surface area contributed by atoms with Crippen molar-refractivity contribution in [2.45, 2.75) is 40.0 Å². The first-order chi connectivity index (χ1) is 11.9. The lowest BCUT2D eigenvalue weighted by Gasteiger charge is -2.29. The Morgan fingerprint density at radius 3 is 2.80 bits per heavy atom. The number of piperidine rings is 1. The van der Waals surface area contributed by atoms with Crippen LogP contribution in [0.2, 0.25) is 0 Å². The molecule has 2 unspecified atom stereocenters. The molecule has 1 heterocycles. The van der Waals surface area contributed by atoms with Gasteiger partial charge in [0.25, 0.3) is 0 Å². The first kappa shape index (κ1) is 19.4. The minimum Gasteiger partial charge on any atom is -0.336 e. The van der Waals surface area contributed by atoms with Crippen LogP contribution in [0.15, 0.2) is 18.2 Å². The largest absolute Gasteiger partial charge is 0.336 e. The molecule has 1 aliphatic heterocycles. The average Bonchev–Trinajstić information content (AvgIpc) is 2.59. The zero-order valence-electron chi connectivity index (χ0n) is 15.9. The molecule has 138 valence electrons. The van der Waals surface area contributed by atoms with Crippen LogP contribution in [0, 0.1) is 25.7 Å². The second-order valence-electron chi connectivity index (χ2n) is 7.33. The van der Waals surface area contributed by atoms with E-state index in [-0.39, 0.29) is 18.4 Å². The molecule has 5 nitrogen and oxygen atoms in total. The fraction of sp³-hybridized carbons (Fsp3) is 0.600. The van der Waals surface area contributed by atoms with Crippen LogP contribution in [0.1, 0.15) is 37.3 Å². The molecule has 1 aromatic carbocycles. The lowest BCUT2D eigenvalue weighted by Crippen LogP contribution is -2.38. The Kier molecular flexibility index (Phi) is 7.00. The van der Waals surface area contributed by atoms with Gasteiger partial charge in [-0.3, -0.25) is 9.59 Å². The van der Waals surface area contributed by atoms with Gasteiger partial charge in [0.05, 0.1) is 6.54 Å². The molecule has 2 N–H and O–H groups in total. The zero-order valence-corrected chi connectivity index (χ0v) is 15.9. The number of nitrogens with one attached hydrogen (secondary N) is 2. The Balaban J connectivity index is 1.83. The summed E-state index contributed by atoms with van der Waals surface area (Å²) in [5.74, 6) is 0.769. The smallest absolute Gasteiger partial charge is 0.243 e. The number of hydrogen-bond donors (Lipinski definition) is 2. The van der Waals surface area contributed by atoms with Crippen molar-refractivity contribution >= 4 is 17.5 Å². The molecule has 1 saturated heterocycles. The number of nitrogens with zero attached hydrogens (tertiary/aromatic N) is 1. The second-order valence-corrected chi connectivity index (χ2v) is 7.33. The quantitative estimate of drug-likeness (QED) is 0.833. The number of likely N-dealkylation sites (N-methyl/N-ethyl adjacent to an activating group) is 1. The molecule has 5 heteroatoms. The third-order valence-electron chi connectivity index (χ3n) is 5.32. The van der Waals surface area contributed by atoms with Crippen LogP contribution in [-0.4, -0.2) is 43.4 Å². The molecular formula is C20H31N3O2. The standard InChI is InChI=1S/C20H31N3O2/c1-14-7-5-9-18(16(14)3)22-19(24)13-23(4)20(25)11-15(2)17-8-6-10-21-12-17/h5,7,9,15,17,21H,6,8,10-13H2,1-4H3,(H,22,24). The lowest BCUT2D eigenvalue weighted by atomic mass is 9.85. The number of anilines is 1.